The van der Waals surface area contributed by atoms with Crippen LogP contribution in [-0.2, 0) is 0 Å². The third kappa shape index (κ3) is 2.84. The van der Waals surface area contributed by atoms with Gasteiger partial charge in [0.1, 0.15) is 0 Å². The molecular weight excluding hydrogens is 418 g/mol. The van der Waals surface area contributed by atoms with Gasteiger partial charge in [0.25, 0.3) is 0 Å². The van der Waals surface area contributed by atoms with Crippen LogP contribution in [0.3, 0.4) is 0 Å². The fourth-order valence-electron chi connectivity index (χ4n) is 4.60. The van der Waals surface area contributed by atoms with Gasteiger partial charge >= 0.3 is 0 Å². The Bertz CT molecular complexity index is 1740. The molecule has 0 amide bonds. The zero-order valence-corrected chi connectivity index (χ0v) is 18.2. The van der Waals surface area contributed by atoms with E-state index in [0.717, 1.165) is 50.4 Å². The number of aromatic nitrogens is 5. The van der Waals surface area contributed by atoms with Crippen molar-refractivity contribution >= 4 is 27.8 Å². The molecule has 0 aliphatic rings. The van der Waals surface area contributed by atoms with Crippen molar-refractivity contribution < 1.29 is 0 Å². The molecule has 160 valence electrons. The topological polar surface area (TPSA) is 48.0 Å². The standard InChI is InChI=1S/C29H19N5/c1-3-11-20(12-4-1)23-19-24(21-13-5-2-6-14-21)31-28(30-23)34-27-18-10-9-17-26(27)33-25-16-8-7-15-22(25)32-29(33)34/h1-19H. The molecule has 0 fully saturated rings. The molecule has 0 N–H and O–H groups in total. The maximum Gasteiger partial charge on any atom is 0.238 e. The molecule has 7 aromatic rings. The van der Waals surface area contributed by atoms with E-state index in [1.165, 1.54) is 0 Å². The lowest BCUT2D eigenvalue weighted by atomic mass is 10.1. The van der Waals surface area contributed by atoms with E-state index in [-0.39, 0.29) is 0 Å². The van der Waals surface area contributed by atoms with Crippen LogP contribution in [0.5, 0.6) is 0 Å². The summed E-state index contributed by atoms with van der Waals surface area (Å²) < 4.78 is 4.25. The van der Waals surface area contributed by atoms with Crippen LogP contribution in [0.25, 0.3) is 56.3 Å². The van der Waals surface area contributed by atoms with Crippen LogP contribution in [0, 0.1) is 0 Å². The summed E-state index contributed by atoms with van der Waals surface area (Å²) in [6, 6.07) is 39.0. The summed E-state index contributed by atoms with van der Waals surface area (Å²) in [4.78, 5) is 15.1. The van der Waals surface area contributed by atoms with Gasteiger partial charge in [-0.2, -0.15) is 0 Å². The number of hydrogen-bond acceptors (Lipinski definition) is 3. The van der Waals surface area contributed by atoms with E-state index >= 15 is 0 Å². The van der Waals surface area contributed by atoms with Crippen LogP contribution < -0.4 is 0 Å². The van der Waals surface area contributed by atoms with Gasteiger partial charge < -0.3 is 0 Å². The molecule has 0 aliphatic carbocycles. The Morgan fingerprint density at radius 2 is 1.00 bits per heavy atom. The van der Waals surface area contributed by atoms with Crippen molar-refractivity contribution in [2.75, 3.05) is 0 Å². The number of rotatable bonds is 3. The van der Waals surface area contributed by atoms with Gasteiger partial charge in [-0.1, -0.05) is 84.9 Å². The third-order valence-electron chi connectivity index (χ3n) is 6.16. The van der Waals surface area contributed by atoms with E-state index in [4.69, 9.17) is 15.0 Å². The molecule has 5 nitrogen and oxygen atoms in total. The molecule has 34 heavy (non-hydrogen) atoms. The first-order valence-corrected chi connectivity index (χ1v) is 11.2. The van der Waals surface area contributed by atoms with Gasteiger partial charge in [-0.3, -0.25) is 4.40 Å². The smallest absolute Gasteiger partial charge is 0.238 e. The Morgan fingerprint density at radius 3 is 1.65 bits per heavy atom. The Kier molecular flexibility index (Phi) is 4.08. The Morgan fingerprint density at radius 1 is 0.471 bits per heavy atom. The Balaban J connectivity index is 1.59. The molecule has 3 heterocycles. The molecule has 0 aliphatic heterocycles. The van der Waals surface area contributed by atoms with Gasteiger partial charge in [-0.05, 0) is 30.3 Å². The zero-order valence-electron chi connectivity index (χ0n) is 18.2. The van der Waals surface area contributed by atoms with Gasteiger partial charge in [0.05, 0.1) is 33.5 Å². The molecule has 0 unspecified atom stereocenters. The minimum atomic E-state index is 0.599. The second-order valence-electron chi connectivity index (χ2n) is 8.23. The maximum atomic E-state index is 5.04. The average Bonchev–Trinajstić information content (AvgIpc) is 3.44. The van der Waals surface area contributed by atoms with Crippen molar-refractivity contribution in [2.24, 2.45) is 0 Å². The lowest BCUT2D eigenvalue weighted by Gasteiger charge is -2.10. The fourth-order valence-corrected chi connectivity index (χ4v) is 4.60. The summed E-state index contributed by atoms with van der Waals surface area (Å²) in [5.74, 6) is 1.40. The Hall–Kier alpha value is -4.77. The highest BCUT2D eigenvalue weighted by Gasteiger charge is 2.19. The predicted molar refractivity (Wildman–Crippen MR) is 136 cm³/mol. The number of fused-ring (bicyclic) bond motifs is 5. The van der Waals surface area contributed by atoms with Crippen LogP contribution in [0.4, 0.5) is 0 Å². The summed E-state index contributed by atoms with van der Waals surface area (Å²) in [5, 5.41) is 0. The van der Waals surface area contributed by atoms with E-state index in [0.29, 0.717) is 5.95 Å². The van der Waals surface area contributed by atoms with Crippen LogP contribution in [0.2, 0.25) is 0 Å². The van der Waals surface area contributed by atoms with Crippen LogP contribution in [0.15, 0.2) is 115 Å². The van der Waals surface area contributed by atoms with Crippen LogP contribution in [-0.4, -0.2) is 23.9 Å². The average molecular weight is 438 g/mol. The van der Waals surface area contributed by atoms with Gasteiger partial charge in [0.2, 0.25) is 11.7 Å². The first-order valence-electron chi connectivity index (χ1n) is 11.2. The van der Waals surface area contributed by atoms with Crippen molar-refractivity contribution in [3.63, 3.8) is 0 Å². The van der Waals surface area contributed by atoms with Crippen molar-refractivity contribution in [3.8, 4) is 28.5 Å². The third-order valence-corrected chi connectivity index (χ3v) is 6.16. The molecule has 0 atom stereocenters. The molecule has 0 saturated carbocycles. The summed E-state index contributed by atoms with van der Waals surface area (Å²) in [5.41, 5.74) is 7.93. The van der Waals surface area contributed by atoms with Crippen molar-refractivity contribution in [1.82, 2.24) is 23.9 Å². The maximum absolute atomic E-state index is 5.04. The van der Waals surface area contributed by atoms with Gasteiger partial charge in [-0.15, -0.1) is 0 Å². The highest BCUT2D eigenvalue weighted by Crippen LogP contribution is 2.30. The monoisotopic (exact) mass is 437 g/mol. The van der Waals surface area contributed by atoms with E-state index in [1.807, 2.05) is 60.7 Å². The molecular formula is C29H19N5. The van der Waals surface area contributed by atoms with E-state index in [2.05, 4.69) is 63.6 Å². The second kappa shape index (κ2) is 7.39. The highest BCUT2D eigenvalue weighted by molar-refractivity contribution is 5.91. The number of hydrogen-bond donors (Lipinski definition) is 0. The summed E-state index contributed by atoms with van der Waals surface area (Å²) >= 11 is 0. The fraction of sp³-hybridized carbons (Fsp3) is 0. The molecule has 4 aromatic carbocycles. The number of para-hydroxylation sites is 4. The van der Waals surface area contributed by atoms with Gasteiger partial charge in [0.15, 0.2) is 0 Å². The van der Waals surface area contributed by atoms with Gasteiger partial charge in [-0.25, -0.2) is 19.5 Å². The number of nitrogens with zero attached hydrogens (tertiary/aromatic N) is 5. The normalized spacial score (nSPS) is 11.5. The number of imidazole rings is 2. The Labute approximate surface area is 195 Å². The predicted octanol–water partition coefficient (Wildman–Crippen LogP) is 6.56. The first kappa shape index (κ1) is 18.8. The molecule has 3 aromatic heterocycles. The highest BCUT2D eigenvalue weighted by atomic mass is 15.3. The van der Waals surface area contributed by atoms with Gasteiger partial charge in [0, 0.05) is 11.1 Å². The molecule has 7 rings (SSSR count). The minimum Gasteiger partial charge on any atom is -0.276 e. The first-order chi connectivity index (χ1) is 16.9. The summed E-state index contributed by atoms with van der Waals surface area (Å²) in [6.45, 7) is 0. The minimum absolute atomic E-state index is 0.599. The summed E-state index contributed by atoms with van der Waals surface area (Å²) in [7, 11) is 0. The quantitative estimate of drug-likeness (QED) is 0.315. The largest absolute Gasteiger partial charge is 0.276 e. The molecule has 0 saturated heterocycles. The lowest BCUT2D eigenvalue weighted by molar-refractivity contribution is 0.972. The molecule has 0 bridgehead atoms. The van der Waals surface area contributed by atoms with Crippen LogP contribution in [0.1, 0.15) is 0 Å². The molecule has 0 radical (unpaired) electrons. The van der Waals surface area contributed by atoms with E-state index < -0.39 is 0 Å². The van der Waals surface area contributed by atoms with Crippen molar-refractivity contribution in [2.45, 2.75) is 0 Å². The number of benzene rings is 4. The lowest BCUT2D eigenvalue weighted by Crippen LogP contribution is -2.04. The molecule has 0 spiro atoms. The van der Waals surface area contributed by atoms with Crippen molar-refractivity contribution in [1.29, 1.82) is 0 Å². The van der Waals surface area contributed by atoms with Crippen molar-refractivity contribution in [3.05, 3.63) is 115 Å². The SMILES string of the molecule is c1ccc(-c2cc(-c3ccccc3)nc(-n3c4ccccc4n4c5ccccc5nc34)n2)cc1. The van der Waals surface area contributed by atoms with E-state index in [9.17, 15) is 0 Å². The summed E-state index contributed by atoms with van der Waals surface area (Å²) in [6.07, 6.45) is 0. The second-order valence-corrected chi connectivity index (χ2v) is 8.23. The zero-order chi connectivity index (χ0) is 22.5. The van der Waals surface area contributed by atoms with Crippen LogP contribution >= 0.6 is 0 Å². The van der Waals surface area contributed by atoms with E-state index in [1.54, 1.807) is 0 Å². The molecule has 5 heteroatoms.